The molecule has 6 nitrogen and oxygen atoms in total. The summed E-state index contributed by atoms with van der Waals surface area (Å²) < 4.78 is 7.45. The highest BCUT2D eigenvalue weighted by Crippen LogP contribution is 2.31. The van der Waals surface area contributed by atoms with Crippen LogP contribution in [-0.4, -0.2) is 50.9 Å². The van der Waals surface area contributed by atoms with E-state index >= 15 is 0 Å². The van der Waals surface area contributed by atoms with Gasteiger partial charge < -0.3 is 9.64 Å². The van der Waals surface area contributed by atoms with Gasteiger partial charge in [0.15, 0.2) is 10.8 Å². The number of fused-ring (bicyclic) bond motifs is 3. The second kappa shape index (κ2) is 7.86. The van der Waals surface area contributed by atoms with Crippen LogP contribution in [0.3, 0.4) is 0 Å². The molecule has 1 aliphatic rings. The van der Waals surface area contributed by atoms with E-state index in [0.717, 1.165) is 46.1 Å². The molecule has 7 heteroatoms. The van der Waals surface area contributed by atoms with Crippen LogP contribution in [0.2, 0.25) is 0 Å². The van der Waals surface area contributed by atoms with Gasteiger partial charge >= 0.3 is 0 Å². The number of piperidine rings is 1. The van der Waals surface area contributed by atoms with E-state index in [0.29, 0.717) is 11.8 Å². The van der Waals surface area contributed by atoms with Crippen LogP contribution in [0.15, 0.2) is 29.4 Å². The number of carbonyl (C=O) groups is 1. The lowest BCUT2D eigenvalue weighted by molar-refractivity contribution is -0.132. The Labute approximate surface area is 175 Å². The summed E-state index contributed by atoms with van der Waals surface area (Å²) in [5.41, 5.74) is 2.91. The Bertz CT molecular complexity index is 1050. The van der Waals surface area contributed by atoms with Gasteiger partial charge in [0.05, 0.1) is 17.9 Å². The van der Waals surface area contributed by atoms with E-state index < -0.39 is 0 Å². The number of pyridine rings is 1. The predicted molar refractivity (Wildman–Crippen MR) is 117 cm³/mol. The second-order valence-electron chi connectivity index (χ2n) is 8.34. The van der Waals surface area contributed by atoms with Crippen molar-refractivity contribution in [2.24, 2.45) is 11.8 Å². The fourth-order valence-electron chi connectivity index (χ4n) is 4.41. The van der Waals surface area contributed by atoms with Crippen molar-refractivity contribution >= 4 is 34.2 Å². The molecule has 1 saturated heterocycles. The average Bonchev–Trinajstić information content (AvgIpc) is 3.08. The van der Waals surface area contributed by atoms with Crippen LogP contribution in [0, 0.1) is 18.8 Å². The first-order valence-corrected chi connectivity index (χ1v) is 11.0. The zero-order valence-corrected chi connectivity index (χ0v) is 18.5. The number of benzene rings is 1. The quantitative estimate of drug-likeness (QED) is 0.602. The number of likely N-dealkylation sites (tertiary alicyclic amines) is 1. The van der Waals surface area contributed by atoms with E-state index in [4.69, 9.17) is 4.74 Å². The minimum Gasteiger partial charge on any atom is -0.497 e. The molecule has 154 valence electrons. The number of carbonyl (C=O) groups excluding carboxylic acids is 1. The molecule has 1 aromatic carbocycles. The van der Waals surface area contributed by atoms with Crippen molar-refractivity contribution < 1.29 is 9.53 Å². The Morgan fingerprint density at radius 2 is 1.93 bits per heavy atom. The van der Waals surface area contributed by atoms with Crippen LogP contribution in [0.5, 0.6) is 5.75 Å². The van der Waals surface area contributed by atoms with Gasteiger partial charge in [0.2, 0.25) is 5.91 Å². The van der Waals surface area contributed by atoms with Crippen molar-refractivity contribution in [3.05, 3.63) is 29.8 Å². The molecule has 0 saturated carbocycles. The summed E-state index contributed by atoms with van der Waals surface area (Å²) >= 11 is 1.48. The largest absolute Gasteiger partial charge is 0.497 e. The van der Waals surface area contributed by atoms with E-state index in [1.807, 2.05) is 34.4 Å². The van der Waals surface area contributed by atoms with Crippen molar-refractivity contribution in [2.45, 2.75) is 44.5 Å². The fraction of sp³-hybridized carbons (Fsp3) is 0.500. The maximum atomic E-state index is 13.1. The lowest BCUT2D eigenvalue weighted by atomic mass is 9.92. The normalized spacial score (nSPS) is 20.9. The highest BCUT2D eigenvalue weighted by molar-refractivity contribution is 8.00. The van der Waals surface area contributed by atoms with Crippen LogP contribution in [0.25, 0.3) is 16.6 Å². The SMILES string of the molecule is COc1ccc2c(C)cc3nnc(SC(C)C(=O)N4CC(C)CC(C)C4)n3c2c1. The Hall–Kier alpha value is -2.28. The van der Waals surface area contributed by atoms with Gasteiger partial charge in [0.1, 0.15) is 5.75 Å². The zero-order chi connectivity index (χ0) is 20.7. The van der Waals surface area contributed by atoms with Gasteiger partial charge in [-0.2, -0.15) is 0 Å². The van der Waals surface area contributed by atoms with Gasteiger partial charge in [0.25, 0.3) is 0 Å². The third-order valence-electron chi connectivity index (χ3n) is 5.69. The molecule has 3 unspecified atom stereocenters. The average molecular weight is 413 g/mol. The van der Waals surface area contributed by atoms with Crippen molar-refractivity contribution in [3.8, 4) is 5.75 Å². The van der Waals surface area contributed by atoms with Crippen molar-refractivity contribution in [1.29, 1.82) is 0 Å². The monoisotopic (exact) mass is 412 g/mol. The van der Waals surface area contributed by atoms with Crippen molar-refractivity contribution in [2.75, 3.05) is 20.2 Å². The molecule has 2 aromatic heterocycles. The molecule has 0 aliphatic carbocycles. The third-order valence-corrected chi connectivity index (χ3v) is 6.72. The number of thioether (sulfide) groups is 1. The van der Waals surface area contributed by atoms with Gasteiger partial charge in [-0.1, -0.05) is 25.6 Å². The molecule has 0 radical (unpaired) electrons. The highest BCUT2D eigenvalue weighted by atomic mass is 32.2. The number of aromatic nitrogens is 3. The topological polar surface area (TPSA) is 59.7 Å². The summed E-state index contributed by atoms with van der Waals surface area (Å²) in [5.74, 6) is 2.06. The Kier molecular flexibility index (Phi) is 5.42. The Morgan fingerprint density at radius 1 is 1.21 bits per heavy atom. The molecule has 3 heterocycles. The predicted octanol–water partition coefficient (Wildman–Crippen LogP) is 4.18. The standard InChI is InChI=1S/C22H28N4O2S/c1-13-8-14(2)12-25(11-13)21(27)16(4)29-22-24-23-20-9-15(3)18-7-6-17(28-5)10-19(18)26(20)22/h6-7,9-10,13-14,16H,8,11-12H2,1-5H3. The Morgan fingerprint density at radius 3 is 2.62 bits per heavy atom. The first kappa shape index (κ1) is 20.0. The number of nitrogens with zero attached hydrogens (tertiary/aromatic N) is 4. The van der Waals surface area contributed by atoms with Crippen molar-refractivity contribution in [3.63, 3.8) is 0 Å². The van der Waals surface area contributed by atoms with Crippen molar-refractivity contribution in [1.82, 2.24) is 19.5 Å². The molecular formula is C22H28N4O2S. The highest BCUT2D eigenvalue weighted by Gasteiger charge is 2.29. The third kappa shape index (κ3) is 3.80. The molecule has 0 N–H and O–H groups in total. The maximum absolute atomic E-state index is 13.1. The molecule has 3 aromatic rings. The molecule has 0 spiro atoms. The summed E-state index contributed by atoms with van der Waals surface area (Å²) in [4.78, 5) is 15.1. The lowest BCUT2D eigenvalue weighted by Crippen LogP contribution is -2.45. The van der Waals surface area contributed by atoms with Crippen LogP contribution in [0.4, 0.5) is 0 Å². The summed E-state index contributed by atoms with van der Waals surface area (Å²) in [6.45, 7) is 10.2. The van der Waals surface area contributed by atoms with E-state index in [1.165, 1.54) is 18.2 Å². The van der Waals surface area contributed by atoms with Crippen LogP contribution >= 0.6 is 11.8 Å². The van der Waals surface area contributed by atoms with Gasteiger partial charge in [0, 0.05) is 24.5 Å². The molecule has 1 amide bonds. The first-order valence-electron chi connectivity index (χ1n) is 10.1. The number of ether oxygens (including phenoxy) is 1. The van der Waals surface area contributed by atoms with Gasteiger partial charge in [-0.3, -0.25) is 9.20 Å². The molecule has 1 fully saturated rings. The number of hydrogen-bond donors (Lipinski definition) is 0. The maximum Gasteiger partial charge on any atom is 0.235 e. The molecule has 3 atom stereocenters. The summed E-state index contributed by atoms with van der Waals surface area (Å²) in [6, 6.07) is 8.06. The minimum absolute atomic E-state index is 0.180. The first-order chi connectivity index (χ1) is 13.9. The zero-order valence-electron chi connectivity index (χ0n) is 17.7. The molecular weight excluding hydrogens is 384 g/mol. The summed E-state index contributed by atoms with van der Waals surface area (Å²) in [7, 11) is 1.66. The fourth-order valence-corrected chi connectivity index (χ4v) is 5.37. The van der Waals surface area contributed by atoms with E-state index in [1.54, 1.807) is 7.11 Å². The summed E-state index contributed by atoms with van der Waals surface area (Å²) in [6.07, 6.45) is 1.19. The molecule has 29 heavy (non-hydrogen) atoms. The van der Waals surface area contributed by atoms with Gasteiger partial charge in [-0.25, -0.2) is 0 Å². The number of aryl methyl sites for hydroxylation is 1. The number of hydrogen-bond acceptors (Lipinski definition) is 5. The molecule has 1 aliphatic heterocycles. The van der Waals surface area contributed by atoms with Gasteiger partial charge in [-0.05, 0) is 55.9 Å². The molecule has 0 bridgehead atoms. The van der Waals surface area contributed by atoms with Crippen LogP contribution < -0.4 is 4.74 Å². The smallest absolute Gasteiger partial charge is 0.235 e. The number of amides is 1. The number of rotatable bonds is 4. The van der Waals surface area contributed by atoms with E-state index in [2.05, 4.69) is 37.0 Å². The minimum atomic E-state index is -0.220. The van der Waals surface area contributed by atoms with E-state index in [9.17, 15) is 4.79 Å². The summed E-state index contributed by atoms with van der Waals surface area (Å²) in [5, 5.41) is 10.4. The Balaban J connectivity index is 1.67. The second-order valence-corrected chi connectivity index (χ2v) is 9.64. The number of methoxy groups -OCH3 is 1. The van der Waals surface area contributed by atoms with Crippen LogP contribution in [-0.2, 0) is 4.79 Å². The van der Waals surface area contributed by atoms with Gasteiger partial charge in [-0.15, -0.1) is 10.2 Å². The lowest BCUT2D eigenvalue weighted by Gasteiger charge is -2.36. The van der Waals surface area contributed by atoms with Crippen LogP contribution in [0.1, 0.15) is 32.8 Å². The molecule has 4 rings (SSSR count). The van der Waals surface area contributed by atoms with E-state index in [-0.39, 0.29) is 11.2 Å².